The molecule has 0 atom stereocenters. The molecule has 1 amide bonds. The molecule has 0 saturated carbocycles. The summed E-state index contributed by atoms with van der Waals surface area (Å²) in [5.74, 6) is -1.18. The molecule has 0 spiro atoms. The Labute approximate surface area is 109 Å². The molecule has 1 aliphatic rings. The van der Waals surface area contributed by atoms with E-state index in [-0.39, 0.29) is 19.0 Å². The van der Waals surface area contributed by atoms with Gasteiger partial charge in [0.2, 0.25) is 0 Å². The lowest BCUT2D eigenvalue weighted by molar-refractivity contribution is -0.146. The van der Waals surface area contributed by atoms with Gasteiger partial charge in [0, 0.05) is 18.1 Å². The van der Waals surface area contributed by atoms with E-state index in [0.29, 0.717) is 16.3 Å². The van der Waals surface area contributed by atoms with Crippen molar-refractivity contribution in [2.45, 2.75) is 0 Å². The number of benzene rings is 1. The van der Waals surface area contributed by atoms with Crippen LogP contribution in [0.1, 0.15) is 10.4 Å². The van der Waals surface area contributed by atoms with Crippen LogP contribution in [-0.4, -0.2) is 42.1 Å². The standard InChI is InChI=1S/C12H12ClNO4/c1-18-10-4-8(13)2-3-9(10)11(15)14-5-7(6-14)12(16)17/h2-4,7H,5-6H2,1H3,(H,16,17). The van der Waals surface area contributed by atoms with Crippen LogP contribution in [0.3, 0.4) is 0 Å². The minimum absolute atomic E-state index is 0.235. The third-order valence-electron chi connectivity index (χ3n) is 2.91. The van der Waals surface area contributed by atoms with Crippen molar-refractivity contribution < 1.29 is 19.4 Å². The van der Waals surface area contributed by atoms with Gasteiger partial charge in [0.05, 0.1) is 18.6 Å². The summed E-state index contributed by atoms with van der Waals surface area (Å²) in [5.41, 5.74) is 0.394. The predicted octanol–water partition coefficient (Wildman–Crippen LogP) is 1.51. The van der Waals surface area contributed by atoms with Crippen molar-refractivity contribution in [2.24, 2.45) is 5.92 Å². The molecule has 0 unspecified atom stereocenters. The van der Waals surface area contributed by atoms with E-state index in [4.69, 9.17) is 21.4 Å². The quantitative estimate of drug-likeness (QED) is 0.903. The Hall–Kier alpha value is -1.75. The van der Waals surface area contributed by atoms with Gasteiger partial charge in [0.25, 0.3) is 5.91 Å². The molecule has 0 bridgehead atoms. The van der Waals surface area contributed by atoms with Crippen molar-refractivity contribution in [3.63, 3.8) is 0 Å². The van der Waals surface area contributed by atoms with Crippen molar-refractivity contribution in [2.75, 3.05) is 20.2 Å². The summed E-state index contributed by atoms with van der Waals surface area (Å²) in [4.78, 5) is 24.2. The van der Waals surface area contributed by atoms with Gasteiger partial charge in [-0.25, -0.2) is 0 Å². The number of halogens is 1. The van der Waals surface area contributed by atoms with Crippen LogP contribution in [0.4, 0.5) is 0 Å². The minimum Gasteiger partial charge on any atom is -0.496 e. The number of hydrogen-bond donors (Lipinski definition) is 1. The number of ether oxygens (including phenoxy) is 1. The number of likely N-dealkylation sites (tertiary alicyclic amines) is 1. The Bertz CT molecular complexity index is 497. The van der Waals surface area contributed by atoms with Crippen molar-refractivity contribution in [3.05, 3.63) is 28.8 Å². The second-order valence-electron chi connectivity index (χ2n) is 4.09. The normalized spacial score (nSPS) is 15.1. The first-order chi connectivity index (χ1) is 8.52. The maximum absolute atomic E-state index is 12.1. The molecular weight excluding hydrogens is 258 g/mol. The monoisotopic (exact) mass is 269 g/mol. The number of amides is 1. The number of aliphatic carboxylic acids is 1. The van der Waals surface area contributed by atoms with E-state index >= 15 is 0 Å². The van der Waals surface area contributed by atoms with E-state index in [1.54, 1.807) is 18.2 Å². The highest BCUT2D eigenvalue weighted by molar-refractivity contribution is 6.30. The molecule has 18 heavy (non-hydrogen) atoms. The van der Waals surface area contributed by atoms with Gasteiger partial charge in [-0.15, -0.1) is 0 Å². The minimum atomic E-state index is -0.873. The number of methoxy groups -OCH3 is 1. The molecule has 1 fully saturated rings. The fraction of sp³-hybridized carbons (Fsp3) is 0.333. The lowest BCUT2D eigenvalue weighted by Gasteiger charge is -2.36. The first kappa shape index (κ1) is 12.7. The highest BCUT2D eigenvalue weighted by atomic mass is 35.5. The maximum Gasteiger partial charge on any atom is 0.310 e. The molecule has 5 nitrogen and oxygen atoms in total. The maximum atomic E-state index is 12.1. The molecule has 1 aromatic rings. The molecule has 0 aromatic heterocycles. The van der Waals surface area contributed by atoms with Gasteiger partial charge in [-0.1, -0.05) is 11.6 Å². The predicted molar refractivity (Wildman–Crippen MR) is 65.0 cm³/mol. The molecule has 1 N–H and O–H groups in total. The molecule has 96 valence electrons. The van der Waals surface area contributed by atoms with Gasteiger partial charge >= 0.3 is 5.97 Å². The van der Waals surface area contributed by atoms with E-state index in [9.17, 15) is 9.59 Å². The fourth-order valence-corrected chi connectivity index (χ4v) is 1.97. The van der Waals surface area contributed by atoms with Gasteiger partial charge in [-0.2, -0.15) is 0 Å². The van der Waals surface area contributed by atoms with Crippen LogP contribution < -0.4 is 4.74 Å². The molecular formula is C12H12ClNO4. The Morgan fingerprint density at radius 2 is 2.11 bits per heavy atom. The van der Waals surface area contributed by atoms with Gasteiger partial charge < -0.3 is 14.7 Å². The number of carbonyl (C=O) groups is 2. The van der Waals surface area contributed by atoms with Crippen LogP contribution in [0.15, 0.2) is 18.2 Å². The number of rotatable bonds is 3. The molecule has 0 radical (unpaired) electrons. The van der Waals surface area contributed by atoms with E-state index in [0.717, 1.165) is 0 Å². The summed E-state index contributed by atoms with van der Waals surface area (Å²) in [6.07, 6.45) is 0. The van der Waals surface area contributed by atoms with Gasteiger partial charge in [0.15, 0.2) is 0 Å². The third-order valence-corrected chi connectivity index (χ3v) is 3.15. The van der Waals surface area contributed by atoms with Crippen LogP contribution in [0.2, 0.25) is 5.02 Å². The van der Waals surface area contributed by atoms with Gasteiger partial charge in [0.1, 0.15) is 5.75 Å². The number of carboxylic acid groups (broad SMARTS) is 1. The average Bonchev–Trinajstić information content (AvgIpc) is 2.25. The van der Waals surface area contributed by atoms with Gasteiger partial charge in [-0.05, 0) is 18.2 Å². The second kappa shape index (κ2) is 4.86. The largest absolute Gasteiger partial charge is 0.496 e. The topological polar surface area (TPSA) is 66.8 Å². The van der Waals surface area contributed by atoms with E-state index in [1.807, 2.05) is 0 Å². The molecule has 0 aliphatic carbocycles. The molecule has 6 heteroatoms. The van der Waals surface area contributed by atoms with Crippen LogP contribution in [-0.2, 0) is 4.79 Å². The smallest absolute Gasteiger partial charge is 0.310 e. The third kappa shape index (κ3) is 2.26. The summed E-state index contributed by atoms with van der Waals surface area (Å²) in [5, 5.41) is 9.24. The zero-order chi connectivity index (χ0) is 13.3. The van der Waals surface area contributed by atoms with Crippen molar-refractivity contribution in [3.8, 4) is 5.75 Å². The summed E-state index contributed by atoms with van der Waals surface area (Å²) in [6, 6.07) is 4.74. The van der Waals surface area contributed by atoms with Crippen LogP contribution >= 0.6 is 11.6 Å². The molecule has 1 aliphatic heterocycles. The molecule has 1 heterocycles. The van der Waals surface area contributed by atoms with Gasteiger partial charge in [-0.3, -0.25) is 9.59 Å². The Morgan fingerprint density at radius 3 is 2.67 bits per heavy atom. The Morgan fingerprint density at radius 1 is 1.44 bits per heavy atom. The average molecular weight is 270 g/mol. The fourth-order valence-electron chi connectivity index (χ4n) is 1.81. The zero-order valence-corrected chi connectivity index (χ0v) is 10.5. The summed E-state index contributed by atoms with van der Waals surface area (Å²) >= 11 is 5.81. The molecule has 1 aromatic carbocycles. The Kier molecular flexibility index (Phi) is 3.43. The highest BCUT2D eigenvalue weighted by Gasteiger charge is 2.36. The lowest BCUT2D eigenvalue weighted by atomic mass is 9.99. The van der Waals surface area contributed by atoms with Crippen molar-refractivity contribution in [1.29, 1.82) is 0 Å². The molecule has 1 saturated heterocycles. The summed E-state index contributed by atoms with van der Waals surface area (Å²) in [6.45, 7) is 0.472. The zero-order valence-electron chi connectivity index (χ0n) is 9.72. The number of hydrogen-bond acceptors (Lipinski definition) is 3. The van der Waals surface area contributed by atoms with Crippen LogP contribution in [0.5, 0.6) is 5.75 Å². The molecule has 2 rings (SSSR count). The van der Waals surface area contributed by atoms with Crippen LogP contribution in [0, 0.1) is 5.92 Å². The summed E-state index contributed by atoms with van der Waals surface area (Å²) < 4.78 is 5.09. The second-order valence-corrected chi connectivity index (χ2v) is 4.53. The first-order valence-corrected chi connectivity index (χ1v) is 5.76. The highest BCUT2D eigenvalue weighted by Crippen LogP contribution is 2.27. The summed E-state index contributed by atoms with van der Waals surface area (Å²) in [7, 11) is 1.46. The number of nitrogens with zero attached hydrogens (tertiary/aromatic N) is 1. The van der Waals surface area contributed by atoms with E-state index in [1.165, 1.54) is 12.0 Å². The van der Waals surface area contributed by atoms with Crippen molar-refractivity contribution in [1.82, 2.24) is 4.90 Å². The van der Waals surface area contributed by atoms with E-state index in [2.05, 4.69) is 0 Å². The first-order valence-electron chi connectivity index (χ1n) is 5.38. The van der Waals surface area contributed by atoms with E-state index < -0.39 is 11.9 Å². The van der Waals surface area contributed by atoms with Crippen LogP contribution in [0.25, 0.3) is 0 Å². The SMILES string of the molecule is COc1cc(Cl)ccc1C(=O)N1CC(C(=O)O)C1. The number of carboxylic acids is 1. The lowest BCUT2D eigenvalue weighted by Crippen LogP contribution is -2.53. The number of carbonyl (C=O) groups excluding carboxylic acids is 1. The van der Waals surface area contributed by atoms with Crippen molar-refractivity contribution >= 4 is 23.5 Å². The Balaban J connectivity index is 2.13.